The maximum atomic E-state index is 11.3. The Morgan fingerprint density at radius 1 is 1.12 bits per heavy atom. The maximum Gasteiger partial charge on any atom is 0.304 e. The second-order valence-electron chi connectivity index (χ2n) is 8.77. The monoisotopic (exact) mass is 461 g/mol. The van der Waals surface area contributed by atoms with Gasteiger partial charge in [0.2, 0.25) is 0 Å². The van der Waals surface area contributed by atoms with Crippen LogP contribution < -0.4 is 4.74 Å². The van der Waals surface area contributed by atoms with Gasteiger partial charge in [-0.3, -0.25) is 4.79 Å². The number of aryl methyl sites for hydroxylation is 1. The van der Waals surface area contributed by atoms with Crippen molar-refractivity contribution >= 4 is 11.7 Å². The Hall–Kier alpha value is -3.54. The minimum atomic E-state index is -0.887. The van der Waals surface area contributed by atoms with Crippen molar-refractivity contribution in [1.82, 2.24) is 5.16 Å². The van der Waals surface area contributed by atoms with E-state index in [4.69, 9.17) is 14.0 Å². The van der Waals surface area contributed by atoms with Crippen molar-refractivity contribution in [3.05, 3.63) is 89.3 Å². The molecule has 3 aromatic rings. The lowest BCUT2D eigenvalue weighted by molar-refractivity contribution is -0.137. The predicted molar refractivity (Wildman–Crippen MR) is 130 cm³/mol. The summed E-state index contributed by atoms with van der Waals surface area (Å²) in [5.41, 5.74) is 3.90. The fourth-order valence-corrected chi connectivity index (χ4v) is 4.18. The highest BCUT2D eigenvalue weighted by Crippen LogP contribution is 2.32. The second-order valence-corrected chi connectivity index (χ2v) is 8.77. The molecule has 1 aliphatic heterocycles. The SMILES string of the molecule is CCCCc1ccc(C2=CC(COc3ccc([C@H](CC(=O)O)c4ccon4)cc3)C(C)O2)cc1. The Bertz CT molecular complexity index is 1090. The predicted octanol–water partition coefficient (Wildman–Crippen LogP) is 6.08. The molecule has 1 N–H and O–H groups in total. The van der Waals surface area contributed by atoms with Crippen molar-refractivity contribution in [2.75, 3.05) is 6.61 Å². The summed E-state index contributed by atoms with van der Waals surface area (Å²) >= 11 is 0. The van der Waals surface area contributed by atoms with Gasteiger partial charge in [-0.25, -0.2) is 0 Å². The molecule has 2 unspecified atom stereocenters. The first-order valence-electron chi connectivity index (χ1n) is 11.9. The molecule has 0 saturated carbocycles. The molecule has 3 atom stereocenters. The molecule has 0 amide bonds. The first kappa shape index (κ1) is 23.6. The average molecular weight is 462 g/mol. The number of carboxylic acids is 1. The number of rotatable bonds is 11. The van der Waals surface area contributed by atoms with E-state index < -0.39 is 5.97 Å². The van der Waals surface area contributed by atoms with E-state index in [0.717, 1.165) is 29.1 Å². The quantitative estimate of drug-likeness (QED) is 0.373. The van der Waals surface area contributed by atoms with Crippen molar-refractivity contribution < 1.29 is 23.9 Å². The van der Waals surface area contributed by atoms with Crippen LogP contribution in [0.15, 0.2) is 71.5 Å². The van der Waals surface area contributed by atoms with Crippen LogP contribution in [0.1, 0.15) is 61.4 Å². The molecular formula is C28H31NO5. The van der Waals surface area contributed by atoms with Crippen LogP contribution in [-0.2, 0) is 16.0 Å². The van der Waals surface area contributed by atoms with Crippen molar-refractivity contribution in [2.45, 2.75) is 51.6 Å². The largest absolute Gasteiger partial charge is 0.493 e. The average Bonchev–Trinajstić information content (AvgIpc) is 3.51. The van der Waals surface area contributed by atoms with Crippen LogP contribution in [-0.4, -0.2) is 28.9 Å². The summed E-state index contributed by atoms with van der Waals surface area (Å²) < 4.78 is 17.1. The molecule has 34 heavy (non-hydrogen) atoms. The molecule has 0 bridgehead atoms. The molecule has 6 nitrogen and oxygen atoms in total. The summed E-state index contributed by atoms with van der Waals surface area (Å²) in [4.78, 5) is 11.3. The molecule has 0 radical (unpaired) electrons. The summed E-state index contributed by atoms with van der Waals surface area (Å²) in [7, 11) is 0. The lowest BCUT2D eigenvalue weighted by Crippen LogP contribution is -2.19. The van der Waals surface area contributed by atoms with Gasteiger partial charge in [-0.2, -0.15) is 0 Å². The lowest BCUT2D eigenvalue weighted by atomic mass is 9.92. The second kappa shape index (κ2) is 11.1. The minimum Gasteiger partial charge on any atom is -0.493 e. The zero-order valence-electron chi connectivity index (χ0n) is 19.6. The third kappa shape index (κ3) is 5.87. The number of nitrogens with zero attached hydrogens (tertiary/aromatic N) is 1. The van der Waals surface area contributed by atoms with Gasteiger partial charge < -0.3 is 19.1 Å². The summed E-state index contributed by atoms with van der Waals surface area (Å²) in [6.07, 6.45) is 7.08. The van der Waals surface area contributed by atoms with Crippen LogP contribution in [0.25, 0.3) is 5.76 Å². The van der Waals surface area contributed by atoms with E-state index in [0.29, 0.717) is 12.3 Å². The van der Waals surface area contributed by atoms with Crippen LogP contribution in [0.5, 0.6) is 5.75 Å². The van der Waals surface area contributed by atoms with E-state index in [1.165, 1.54) is 24.7 Å². The normalized spacial score (nSPS) is 18.2. The van der Waals surface area contributed by atoms with Crippen molar-refractivity contribution in [2.24, 2.45) is 5.92 Å². The first-order valence-corrected chi connectivity index (χ1v) is 11.9. The Balaban J connectivity index is 1.37. The number of carbonyl (C=O) groups is 1. The third-order valence-corrected chi connectivity index (χ3v) is 6.26. The van der Waals surface area contributed by atoms with E-state index in [1.54, 1.807) is 6.07 Å². The number of hydrogen-bond donors (Lipinski definition) is 1. The van der Waals surface area contributed by atoms with E-state index in [9.17, 15) is 9.90 Å². The molecule has 1 aliphatic rings. The number of aliphatic carboxylic acids is 1. The number of carboxylic acid groups (broad SMARTS) is 1. The molecule has 0 aliphatic carbocycles. The Morgan fingerprint density at radius 3 is 2.53 bits per heavy atom. The Labute approximate surface area is 200 Å². The molecule has 0 spiro atoms. The highest BCUT2D eigenvalue weighted by Gasteiger charge is 2.27. The number of hydrogen-bond acceptors (Lipinski definition) is 5. The summed E-state index contributed by atoms with van der Waals surface area (Å²) in [5.74, 6) is 0.522. The first-order chi connectivity index (χ1) is 16.5. The zero-order chi connectivity index (χ0) is 23.9. The fraction of sp³-hybridized carbons (Fsp3) is 0.357. The van der Waals surface area contributed by atoms with E-state index in [2.05, 4.69) is 49.3 Å². The van der Waals surface area contributed by atoms with Gasteiger partial charge in [0.1, 0.15) is 23.9 Å². The van der Waals surface area contributed by atoms with Crippen LogP contribution in [0.2, 0.25) is 0 Å². The van der Waals surface area contributed by atoms with Gasteiger partial charge in [-0.1, -0.05) is 54.9 Å². The molecular weight excluding hydrogens is 430 g/mol. The van der Waals surface area contributed by atoms with Crippen LogP contribution in [0.3, 0.4) is 0 Å². The fourth-order valence-electron chi connectivity index (χ4n) is 4.18. The van der Waals surface area contributed by atoms with Gasteiger partial charge in [-0.15, -0.1) is 0 Å². The number of unbranched alkanes of at least 4 members (excludes halogenated alkanes) is 1. The van der Waals surface area contributed by atoms with E-state index in [-0.39, 0.29) is 24.4 Å². The summed E-state index contributed by atoms with van der Waals surface area (Å²) in [6, 6.07) is 17.8. The Morgan fingerprint density at radius 2 is 1.88 bits per heavy atom. The molecule has 1 aromatic heterocycles. The molecule has 2 aromatic carbocycles. The van der Waals surface area contributed by atoms with Crippen LogP contribution in [0, 0.1) is 5.92 Å². The number of aromatic nitrogens is 1. The van der Waals surface area contributed by atoms with Crippen LogP contribution >= 0.6 is 0 Å². The van der Waals surface area contributed by atoms with Gasteiger partial charge in [0.15, 0.2) is 0 Å². The molecule has 0 saturated heterocycles. The van der Waals surface area contributed by atoms with Gasteiger partial charge in [-0.05, 0) is 49.1 Å². The highest BCUT2D eigenvalue weighted by molar-refractivity contribution is 5.69. The van der Waals surface area contributed by atoms with E-state index in [1.807, 2.05) is 24.3 Å². The smallest absolute Gasteiger partial charge is 0.304 e. The van der Waals surface area contributed by atoms with Gasteiger partial charge in [0.25, 0.3) is 0 Å². The summed E-state index contributed by atoms with van der Waals surface area (Å²) in [5, 5.41) is 13.2. The molecule has 0 fully saturated rings. The van der Waals surface area contributed by atoms with Crippen molar-refractivity contribution in [3.63, 3.8) is 0 Å². The molecule has 6 heteroatoms. The topological polar surface area (TPSA) is 81.8 Å². The molecule has 2 heterocycles. The third-order valence-electron chi connectivity index (χ3n) is 6.26. The minimum absolute atomic E-state index is 0.0288. The molecule has 178 valence electrons. The Kier molecular flexibility index (Phi) is 7.68. The lowest BCUT2D eigenvalue weighted by Gasteiger charge is -2.17. The number of benzene rings is 2. The molecule has 4 rings (SSSR count). The van der Waals surface area contributed by atoms with Gasteiger partial charge >= 0.3 is 5.97 Å². The van der Waals surface area contributed by atoms with Crippen molar-refractivity contribution in [1.29, 1.82) is 0 Å². The van der Waals surface area contributed by atoms with Gasteiger partial charge in [0.05, 0.1) is 24.6 Å². The maximum absolute atomic E-state index is 11.3. The summed E-state index contributed by atoms with van der Waals surface area (Å²) in [6.45, 7) is 4.77. The van der Waals surface area contributed by atoms with Gasteiger partial charge in [0, 0.05) is 17.5 Å². The zero-order valence-corrected chi connectivity index (χ0v) is 19.6. The van der Waals surface area contributed by atoms with Crippen LogP contribution in [0.4, 0.5) is 0 Å². The highest BCUT2D eigenvalue weighted by atomic mass is 16.5. The standard InChI is InChI=1S/C28H31NO5/c1-3-4-5-20-6-8-22(9-7-20)27-16-23(19(2)34-27)18-32-24-12-10-21(11-13-24)25(17-28(30)31)26-14-15-33-29-26/h6-16,19,23,25H,3-5,17-18H2,1-2H3,(H,30,31)/t19?,23?,25-/m0/s1. The van der Waals surface area contributed by atoms with Crippen molar-refractivity contribution in [3.8, 4) is 5.75 Å². The van der Waals surface area contributed by atoms with E-state index >= 15 is 0 Å². The number of ether oxygens (including phenoxy) is 2.